The molecule has 0 fully saturated rings. The van der Waals surface area contributed by atoms with Crippen LogP contribution >= 0.6 is 0 Å². The fourth-order valence-electron chi connectivity index (χ4n) is 2.10. The molecule has 0 saturated heterocycles. The lowest BCUT2D eigenvalue weighted by Gasteiger charge is -2.03. The van der Waals surface area contributed by atoms with Gasteiger partial charge in [0.25, 0.3) is 11.7 Å². The molecule has 3 nitrogen and oxygen atoms in total. The van der Waals surface area contributed by atoms with E-state index in [1.165, 1.54) is 19.3 Å². The SMILES string of the molecule is CCCCCCc1ccc2c(c1)C(=O)C(=O)N2. The van der Waals surface area contributed by atoms with Crippen molar-refractivity contribution in [2.75, 3.05) is 5.32 Å². The first kappa shape index (κ1) is 11.8. The van der Waals surface area contributed by atoms with Crippen molar-refractivity contribution in [2.45, 2.75) is 39.0 Å². The molecule has 0 bridgehead atoms. The number of carbonyl (C=O) groups is 2. The summed E-state index contributed by atoms with van der Waals surface area (Å²) >= 11 is 0. The molecule has 3 heteroatoms. The van der Waals surface area contributed by atoms with E-state index in [4.69, 9.17) is 0 Å². The van der Waals surface area contributed by atoms with E-state index < -0.39 is 11.7 Å². The Kier molecular flexibility index (Phi) is 3.57. The zero-order valence-electron chi connectivity index (χ0n) is 10.1. The molecule has 1 amide bonds. The third kappa shape index (κ3) is 2.54. The Balaban J connectivity index is 2.02. The van der Waals surface area contributed by atoms with Crippen LogP contribution in [0.5, 0.6) is 0 Å². The predicted molar refractivity (Wildman–Crippen MR) is 67.2 cm³/mol. The summed E-state index contributed by atoms with van der Waals surface area (Å²) in [5.74, 6) is -0.918. The molecular formula is C14H17NO2. The summed E-state index contributed by atoms with van der Waals surface area (Å²) in [4.78, 5) is 22.7. The van der Waals surface area contributed by atoms with Crippen molar-refractivity contribution >= 4 is 17.4 Å². The van der Waals surface area contributed by atoms with Gasteiger partial charge in [-0.1, -0.05) is 32.3 Å². The van der Waals surface area contributed by atoms with Crippen LogP contribution in [0.25, 0.3) is 0 Å². The molecule has 1 aliphatic rings. The second-order valence-electron chi connectivity index (χ2n) is 4.47. The maximum absolute atomic E-state index is 11.5. The topological polar surface area (TPSA) is 46.2 Å². The minimum atomic E-state index is -0.511. The molecule has 90 valence electrons. The van der Waals surface area contributed by atoms with E-state index >= 15 is 0 Å². The van der Waals surface area contributed by atoms with Crippen LogP contribution in [0, 0.1) is 0 Å². The zero-order chi connectivity index (χ0) is 12.3. The number of hydrogen-bond acceptors (Lipinski definition) is 2. The Morgan fingerprint density at radius 2 is 1.94 bits per heavy atom. The molecule has 1 N–H and O–H groups in total. The van der Waals surface area contributed by atoms with E-state index in [9.17, 15) is 9.59 Å². The van der Waals surface area contributed by atoms with Gasteiger partial charge in [-0.2, -0.15) is 0 Å². The standard InChI is InChI=1S/C14H17NO2/c1-2-3-4-5-6-10-7-8-12-11(9-10)13(16)14(17)15-12/h7-9H,2-6H2,1H3,(H,15,16,17). The maximum Gasteiger partial charge on any atom is 0.296 e. The van der Waals surface area contributed by atoms with Crippen molar-refractivity contribution < 1.29 is 9.59 Å². The van der Waals surface area contributed by atoms with E-state index in [0.29, 0.717) is 11.3 Å². The van der Waals surface area contributed by atoms with Gasteiger partial charge in [0.05, 0.1) is 11.3 Å². The molecule has 1 heterocycles. The summed E-state index contributed by atoms with van der Waals surface area (Å²) in [5.41, 5.74) is 2.32. The van der Waals surface area contributed by atoms with Crippen LogP contribution in [0.15, 0.2) is 18.2 Å². The third-order valence-electron chi connectivity index (χ3n) is 3.10. The molecule has 17 heavy (non-hydrogen) atoms. The van der Waals surface area contributed by atoms with E-state index in [-0.39, 0.29) is 0 Å². The number of aryl methyl sites for hydroxylation is 1. The van der Waals surface area contributed by atoms with Crippen LogP contribution in [0.1, 0.15) is 48.5 Å². The second kappa shape index (κ2) is 5.13. The zero-order valence-corrected chi connectivity index (χ0v) is 10.1. The number of rotatable bonds is 5. The lowest BCUT2D eigenvalue weighted by molar-refractivity contribution is -0.112. The number of amides is 1. The number of fused-ring (bicyclic) bond motifs is 1. The normalized spacial score (nSPS) is 13.7. The Morgan fingerprint density at radius 3 is 2.71 bits per heavy atom. The fourth-order valence-corrected chi connectivity index (χ4v) is 2.10. The van der Waals surface area contributed by atoms with Gasteiger partial charge in [0.1, 0.15) is 0 Å². The molecule has 0 aromatic heterocycles. The maximum atomic E-state index is 11.5. The molecule has 1 aromatic rings. The first-order valence-corrected chi connectivity index (χ1v) is 6.21. The Morgan fingerprint density at radius 1 is 1.12 bits per heavy atom. The van der Waals surface area contributed by atoms with Crippen molar-refractivity contribution in [3.05, 3.63) is 29.3 Å². The first-order valence-electron chi connectivity index (χ1n) is 6.21. The summed E-state index contributed by atoms with van der Waals surface area (Å²) in [6.07, 6.45) is 5.82. The van der Waals surface area contributed by atoms with E-state index in [1.54, 1.807) is 0 Å². The Labute approximate surface area is 101 Å². The number of hydrogen-bond donors (Lipinski definition) is 1. The van der Waals surface area contributed by atoms with Crippen LogP contribution in [0.3, 0.4) is 0 Å². The van der Waals surface area contributed by atoms with Gasteiger partial charge in [-0.05, 0) is 30.5 Å². The summed E-state index contributed by atoms with van der Waals surface area (Å²) in [5, 5.41) is 2.56. The summed E-state index contributed by atoms with van der Waals surface area (Å²) in [7, 11) is 0. The average molecular weight is 231 g/mol. The molecule has 0 atom stereocenters. The number of unbranched alkanes of at least 4 members (excludes halogenated alkanes) is 3. The van der Waals surface area contributed by atoms with Gasteiger partial charge in [-0.15, -0.1) is 0 Å². The molecule has 2 rings (SSSR count). The van der Waals surface area contributed by atoms with Gasteiger partial charge in [0, 0.05) is 0 Å². The molecule has 0 unspecified atom stereocenters. The number of carbonyl (C=O) groups excluding carboxylic acids is 2. The van der Waals surface area contributed by atoms with Crippen molar-refractivity contribution in [1.29, 1.82) is 0 Å². The summed E-state index contributed by atoms with van der Waals surface area (Å²) < 4.78 is 0. The second-order valence-corrected chi connectivity index (χ2v) is 4.47. The summed E-state index contributed by atoms with van der Waals surface area (Å²) in [6, 6.07) is 5.67. The number of nitrogens with one attached hydrogen (secondary N) is 1. The van der Waals surface area contributed by atoms with Gasteiger partial charge in [-0.3, -0.25) is 9.59 Å². The highest BCUT2D eigenvalue weighted by atomic mass is 16.2. The minimum absolute atomic E-state index is 0.407. The third-order valence-corrected chi connectivity index (χ3v) is 3.10. The predicted octanol–water partition coefficient (Wildman–Crippen LogP) is 2.94. The largest absolute Gasteiger partial charge is 0.318 e. The van der Waals surface area contributed by atoms with Crippen LogP contribution in [0.2, 0.25) is 0 Å². The lowest BCUT2D eigenvalue weighted by atomic mass is 10.0. The van der Waals surface area contributed by atoms with E-state index in [0.717, 1.165) is 18.4 Å². The van der Waals surface area contributed by atoms with Crippen LogP contribution < -0.4 is 5.32 Å². The fraction of sp³-hybridized carbons (Fsp3) is 0.429. The molecule has 0 radical (unpaired) electrons. The van der Waals surface area contributed by atoms with Crippen molar-refractivity contribution in [3.63, 3.8) is 0 Å². The highest BCUT2D eigenvalue weighted by Crippen LogP contribution is 2.24. The van der Waals surface area contributed by atoms with Crippen LogP contribution in [-0.4, -0.2) is 11.7 Å². The molecular weight excluding hydrogens is 214 g/mol. The lowest BCUT2D eigenvalue weighted by Crippen LogP contribution is -2.12. The highest BCUT2D eigenvalue weighted by Gasteiger charge is 2.27. The first-order chi connectivity index (χ1) is 8.22. The number of benzene rings is 1. The average Bonchev–Trinajstić information content (AvgIpc) is 2.61. The number of Topliss-reactive ketones (excluding diaryl/α,β-unsaturated/α-hetero) is 1. The van der Waals surface area contributed by atoms with Gasteiger partial charge in [0.2, 0.25) is 0 Å². The molecule has 1 aliphatic heterocycles. The van der Waals surface area contributed by atoms with Gasteiger partial charge in [0.15, 0.2) is 0 Å². The van der Waals surface area contributed by atoms with E-state index in [1.807, 2.05) is 18.2 Å². The van der Waals surface area contributed by atoms with Crippen molar-refractivity contribution in [3.8, 4) is 0 Å². The molecule has 1 aromatic carbocycles. The minimum Gasteiger partial charge on any atom is -0.318 e. The Hall–Kier alpha value is -1.64. The van der Waals surface area contributed by atoms with Gasteiger partial charge in [-0.25, -0.2) is 0 Å². The van der Waals surface area contributed by atoms with Crippen molar-refractivity contribution in [1.82, 2.24) is 0 Å². The smallest absolute Gasteiger partial charge is 0.296 e. The summed E-state index contributed by atoms with van der Waals surface area (Å²) in [6.45, 7) is 2.19. The van der Waals surface area contributed by atoms with Gasteiger partial charge < -0.3 is 5.32 Å². The molecule has 0 aliphatic carbocycles. The van der Waals surface area contributed by atoms with Crippen molar-refractivity contribution in [2.24, 2.45) is 0 Å². The number of ketones is 1. The molecule has 0 saturated carbocycles. The Bertz CT molecular complexity index is 452. The van der Waals surface area contributed by atoms with Crippen LogP contribution in [0.4, 0.5) is 5.69 Å². The highest BCUT2D eigenvalue weighted by molar-refractivity contribution is 6.51. The number of anilines is 1. The monoisotopic (exact) mass is 231 g/mol. The van der Waals surface area contributed by atoms with Crippen LogP contribution in [-0.2, 0) is 11.2 Å². The quantitative estimate of drug-likeness (QED) is 0.625. The molecule has 0 spiro atoms. The van der Waals surface area contributed by atoms with E-state index in [2.05, 4.69) is 12.2 Å². The van der Waals surface area contributed by atoms with Gasteiger partial charge >= 0.3 is 0 Å².